The van der Waals surface area contributed by atoms with E-state index in [2.05, 4.69) is 15.5 Å². The summed E-state index contributed by atoms with van der Waals surface area (Å²) < 4.78 is 0. The molecule has 1 unspecified atom stereocenters. The number of Topliss-reactive ketones (excluding diaryl/α,β-unsaturated/α-hetero) is 1. The molecule has 3 fully saturated rings. The van der Waals surface area contributed by atoms with Crippen LogP contribution in [-0.2, 0) is 9.59 Å². The molecule has 1 atom stereocenters. The summed E-state index contributed by atoms with van der Waals surface area (Å²) in [6.07, 6.45) is 5.37. The van der Waals surface area contributed by atoms with Gasteiger partial charge in [-0.15, -0.1) is 0 Å². The van der Waals surface area contributed by atoms with E-state index < -0.39 is 5.54 Å². The minimum atomic E-state index is -0.414. The van der Waals surface area contributed by atoms with Crippen molar-refractivity contribution in [2.75, 3.05) is 19.8 Å². The Morgan fingerprint density at radius 2 is 1.94 bits per heavy atom. The van der Waals surface area contributed by atoms with Crippen molar-refractivity contribution in [3.63, 3.8) is 0 Å². The van der Waals surface area contributed by atoms with E-state index in [0.717, 1.165) is 45.2 Å². The summed E-state index contributed by atoms with van der Waals surface area (Å²) in [6.45, 7) is 2.28. The molecule has 2 N–H and O–H groups in total. The molecule has 1 spiro atoms. The maximum atomic E-state index is 12.2. The lowest BCUT2D eigenvalue weighted by molar-refractivity contribution is -0.134. The zero-order chi connectivity index (χ0) is 12.6. The van der Waals surface area contributed by atoms with Crippen LogP contribution in [0.1, 0.15) is 38.5 Å². The number of hydrogen-bond acceptors (Lipinski definition) is 4. The molecule has 5 nitrogen and oxygen atoms in total. The second kappa shape index (κ2) is 4.63. The molecule has 2 heterocycles. The van der Waals surface area contributed by atoms with Gasteiger partial charge in [-0.2, -0.15) is 0 Å². The van der Waals surface area contributed by atoms with Crippen LogP contribution in [0.15, 0.2) is 0 Å². The van der Waals surface area contributed by atoms with E-state index >= 15 is 0 Å². The highest BCUT2D eigenvalue weighted by Crippen LogP contribution is 2.35. The molecule has 1 aliphatic carbocycles. The summed E-state index contributed by atoms with van der Waals surface area (Å²) >= 11 is 0. The Labute approximate surface area is 107 Å². The molecule has 2 aliphatic heterocycles. The molecule has 0 aromatic carbocycles. The fourth-order valence-corrected chi connectivity index (χ4v) is 3.66. The lowest BCUT2D eigenvalue weighted by Gasteiger charge is -2.43. The molecule has 5 heteroatoms. The van der Waals surface area contributed by atoms with Crippen LogP contribution in [0.25, 0.3) is 0 Å². The van der Waals surface area contributed by atoms with Gasteiger partial charge in [0.05, 0.1) is 12.7 Å². The molecule has 3 aliphatic rings. The first kappa shape index (κ1) is 12.1. The molecule has 1 saturated carbocycles. The van der Waals surface area contributed by atoms with E-state index in [1.165, 1.54) is 0 Å². The van der Waals surface area contributed by atoms with Crippen LogP contribution in [0.4, 0.5) is 0 Å². The Balaban J connectivity index is 1.85. The fourth-order valence-electron chi connectivity index (χ4n) is 3.66. The van der Waals surface area contributed by atoms with Crippen molar-refractivity contribution < 1.29 is 9.59 Å². The quantitative estimate of drug-likeness (QED) is 0.689. The van der Waals surface area contributed by atoms with Gasteiger partial charge in [-0.3, -0.25) is 14.5 Å². The molecule has 100 valence electrons. The second-order valence-corrected chi connectivity index (χ2v) is 5.64. The van der Waals surface area contributed by atoms with Gasteiger partial charge in [-0.25, -0.2) is 0 Å². The van der Waals surface area contributed by atoms with Crippen molar-refractivity contribution in [1.29, 1.82) is 0 Å². The summed E-state index contributed by atoms with van der Waals surface area (Å²) in [6, 6.07) is -0.0317. The van der Waals surface area contributed by atoms with E-state index in [0.29, 0.717) is 18.9 Å². The van der Waals surface area contributed by atoms with E-state index in [1.54, 1.807) is 0 Å². The molecule has 18 heavy (non-hydrogen) atoms. The molecule has 0 bridgehead atoms. The molecular formula is C13H21N3O2. The second-order valence-electron chi connectivity index (χ2n) is 5.64. The minimum Gasteiger partial charge on any atom is -0.342 e. The van der Waals surface area contributed by atoms with Gasteiger partial charge >= 0.3 is 0 Å². The lowest BCUT2D eigenvalue weighted by Crippen LogP contribution is -2.60. The minimum absolute atomic E-state index is 0.0317. The van der Waals surface area contributed by atoms with Crippen LogP contribution in [0.5, 0.6) is 0 Å². The number of carbonyl (C=O) groups is 2. The first-order valence-corrected chi connectivity index (χ1v) is 7.02. The predicted octanol–water partition coefficient (Wildman–Crippen LogP) is 0.00960. The molecule has 1 amide bonds. The Kier molecular flexibility index (Phi) is 3.11. The van der Waals surface area contributed by atoms with Gasteiger partial charge in [0.1, 0.15) is 11.3 Å². The topological polar surface area (TPSA) is 61.4 Å². The fraction of sp³-hybridized carbons (Fsp3) is 0.846. The zero-order valence-corrected chi connectivity index (χ0v) is 10.7. The largest absolute Gasteiger partial charge is 0.342 e. The van der Waals surface area contributed by atoms with Crippen LogP contribution in [0, 0.1) is 0 Å². The highest BCUT2D eigenvalue weighted by Gasteiger charge is 2.52. The van der Waals surface area contributed by atoms with Crippen molar-refractivity contribution >= 4 is 11.7 Å². The lowest BCUT2D eigenvalue weighted by atomic mass is 9.83. The summed E-state index contributed by atoms with van der Waals surface area (Å²) in [5.74, 6) is 0.457. The van der Waals surface area contributed by atoms with Crippen molar-refractivity contribution in [2.24, 2.45) is 0 Å². The molecule has 0 radical (unpaired) electrons. The number of nitrogens with one attached hydrogen (secondary N) is 2. The van der Waals surface area contributed by atoms with Gasteiger partial charge in [0, 0.05) is 6.42 Å². The Morgan fingerprint density at radius 1 is 1.17 bits per heavy atom. The smallest absolute Gasteiger partial charge is 0.241 e. The number of nitrogens with zero attached hydrogens (tertiary/aromatic N) is 1. The number of amides is 1. The van der Waals surface area contributed by atoms with Gasteiger partial charge in [0.25, 0.3) is 0 Å². The average Bonchev–Trinajstić information content (AvgIpc) is 2.69. The standard InChI is InChI=1S/C13H21N3O2/c17-11-4-2-1-3-10(11)16-9-15-12(18)13(16)5-7-14-8-6-13/h10,14H,1-9H2,(H,15,18). The third-order valence-electron chi connectivity index (χ3n) is 4.71. The van der Waals surface area contributed by atoms with Crippen LogP contribution in [-0.4, -0.2) is 47.9 Å². The van der Waals surface area contributed by atoms with Gasteiger partial charge in [-0.1, -0.05) is 6.42 Å². The maximum absolute atomic E-state index is 12.2. The monoisotopic (exact) mass is 251 g/mol. The Morgan fingerprint density at radius 3 is 2.67 bits per heavy atom. The number of carbonyl (C=O) groups excluding carboxylic acids is 2. The maximum Gasteiger partial charge on any atom is 0.241 e. The van der Waals surface area contributed by atoms with Gasteiger partial charge < -0.3 is 10.6 Å². The third-order valence-corrected chi connectivity index (χ3v) is 4.71. The van der Waals surface area contributed by atoms with Crippen molar-refractivity contribution in [3.05, 3.63) is 0 Å². The summed E-state index contributed by atoms with van der Waals surface area (Å²) in [5.41, 5.74) is -0.414. The molecule has 2 saturated heterocycles. The average molecular weight is 251 g/mol. The van der Waals surface area contributed by atoms with E-state index in [-0.39, 0.29) is 11.9 Å². The van der Waals surface area contributed by atoms with E-state index in [4.69, 9.17) is 0 Å². The summed E-state index contributed by atoms with van der Waals surface area (Å²) in [7, 11) is 0. The van der Waals surface area contributed by atoms with Crippen molar-refractivity contribution in [1.82, 2.24) is 15.5 Å². The molecule has 0 aromatic rings. The van der Waals surface area contributed by atoms with Crippen molar-refractivity contribution in [3.8, 4) is 0 Å². The van der Waals surface area contributed by atoms with Gasteiger partial charge in [0.2, 0.25) is 5.91 Å². The number of piperidine rings is 1. The normalized spacial score (nSPS) is 32.8. The summed E-state index contributed by atoms with van der Waals surface area (Å²) in [4.78, 5) is 26.5. The summed E-state index contributed by atoms with van der Waals surface area (Å²) in [5, 5.41) is 6.25. The van der Waals surface area contributed by atoms with E-state index in [9.17, 15) is 9.59 Å². The van der Waals surface area contributed by atoms with Gasteiger partial charge in [-0.05, 0) is 38.8 Å². The van der Waals surface area contributed by atoms with Crippen molar-refractivity contribution in [2.45, 2.75) is 50.1 Å². The number of hydrogen-bond donors (Lipinski definition) is 2. The van der Waals surface area contributed by atoms with Crippen LogP contribution < -0.4 is 10.6 Å². The first-order valence-electron chi connectivity index (χ1n) is 7.02. The van der Waals surface area contributed by atoms with Crippen LogP contribution in [0.3, 0.4) is 0 Å². The molecule has 3 rings (SSSR count). The molecular weight excluding hydrogens is 230 g/mol. The Bertz CT molecular complexity index is 363. The predicted molar refractivity (Wildman–Crippen MR) is 66.9 cm³/mol. The third kappa shape index (κ3) is 1.77. The van der Waals surface area contributed by atoms with E-state index in [1.807, 2.05) is 0 Å². The SMILES string of the molecule is O=C1CCCCC1N1CNC(=O)C12CCNCC2. The first-order chi connectivity index (χ1) is 8.74. The zero-order valence-electron chi connectivity index (χ0n) is 10.7. The van der Waals surface area contributed by atoms with Crippen LogP contribution in [0.2, 0.25) is 0 Å². The molecule has 0 aromatic heterocycles. The van der Waals surface area contributed by atoms with Gasteiger partial charge in [0.15, 0.2) is 0 Å². The number of rotatable bonds is 1. The number of ketones is 1. The highest BCUT2D eigenvalue weighted by atomic mass is 16.2. The highest BCUT2D eigenvalue weighted by molar-refractivity contribution is 5.91. The Hall–Kier alpha value is -0.940. The van der Waals surface area contributed by atoms with Crippen LogP contribution >= 0.6 is 0 Å².